The first-order chi connectivity index (χ1) is 8.40. The van der Waals surface area contributed by atoms with Gasteiger partial charge >= 0.3 is 0 Å². The summed E-state index contributed by atoms with van der Waals surface area (Å²) >= 11 is 0. The van der Waals surface area contributed by atoms with Crippen molar-refractivity contribution in [3.05, 3.63) is 23.8 Å². The molecule has 0 aliphatic carbocycles. The maximum absolute atomic E-state index is 12.1. The molecule has 0 saturated carbocycles. The lowest BCUT2D eigenvalue weighted by molar-refractivity contribution is 0.139. The van der Waals surface area contributed by atoms with E-state index < -0.39 is 16.1 Å². The highest BCUT2D eigenvalue weighted by atomic mass is 32.2. The molecule has 0 fully saturated rings. The van der Waals surface area contributed by atoms with Crippen LogP contribution in [-0.4, -0.2) is 39.9 Å². The third-order valence-corrected chi connectivity index (χ3v) is 4.08. The SMILES string of the molecule is COCC(CO)NS(=O)(=O)c1ccc(N)cc1C. The number of aliphatic hydroxyl groups is 1. The Bertz CT molecular complexity index is 502. The van der Waals surface area contributed by atoms with Crippen LogP contribution in [-0.2, 0) is 14.8 Å². The van der Waals surface area contributed by atoms with E-state index in [2.05, 4.69) is 4.72 Å². The fourth-order valence-electron chi connectivity index (χ4n) is 1.58. The largest absolute Gasteiger partial charge is 0.399 e. The number of sulfonamides is 1. The number of nitrogens with two attached hydrogens (primary N) is 1. The number of aliphatic hydroxyl groups excluding tert-OH is 1. The molecule has 4 N–H and O–H groups in total. The lowest BCUT2D eigenvalue weighted by Crippen LogP contribution is -2.40. The molecule has 0 amide bonds. The third kappa shape index (κ3) is 3.67. The normalized spacial score (nSPS) is 13.5. The van der Waals surface area contributed by atoms with Crippen molar-refractivity contribution in [1.82, 2.24) is 4.72 Å². The molecule has 0 radical (unpaired) electrons. The molecule has 0 spiro atoms. The van der Waals surface area contributed by atoms with E-state index in [0.717, 1.165) is 0 Å². The lowest BCUT2D eigenvalue weighted by atomic mass is 10.2. The minimum absolute atomic E-state index is 0.101. The molecular weight excluding hydrogens is 256 g/mol. The van der Waals surface area contributed by atoms with Gasteiger partial charge in [-0.2, -0.15) is 0 Å². The Morgan fingerprint density at radius 2 is 2.17 bits per heavy atom. The Morgan fingerprint density at radius 3 is 2.67 bits per heavy atom. The molecule has 102 valence electrons. The lowest BCUT2D eigenvalue weighted by Gasteiger charge is -2.16. The number of benzene rings is 1. The van der Waals surface area contributed by atoms with Gasteiger partial charge in [-0.15, -0.1) is 0 Å². The Labute approximate surface area is 107 Å². The van der Waals surface area contributed by atoms with E-state index in [1.807, 2.05) is 0 Å². The Morgan fingerprint density at radius 1 is 1.50 bits per heavy atom. The molecule has 1 rings (SSSR count). The van der Waals surface area contributed by atoms with Crippen molar-refractivity contribution in [2.75, 3.05) is 26.1 Å². The molecule has 0 saturated heterocycles. The molecular formula is C11H18N2O4S. The average Bonchev–Trinajstić information content (AvgIpc) is 2.27. The molecule has 0 heterocycles. The van der Waals surface area contributed by atoms with E-state index in [-0.39, 0.29) is 18.1 Å². The van der Waals surface area contributed by atoms with Crippen LogP contribution >= 0.6 is 0 Å². The number of aryl methyl sites for hydroxylation is 1. The fourth-order valence-corrected chi connectivity index (χ4v) is 3.02. The zero-order valence-electron chi connectivity index (χ0n) is 10.4. The number of nitrogens with one attached hydrogen (secondary N) is 1. The fraction of sp³-hybridized carbons (Fsp3) is 0.455. The molecule has 18 heavy (non-hydrogen) atoms. The van der Waals surface area contributed by atoms with Crippen LogP contribution in [0.2, 0.25) is 0 Å². The summed E-state index contributed by atoms with van der Waals surface area (Å²) in [5, 5.41) is 9.05. The van der Waals surface area contributed by atoms with E-state index in [9.17, 15) is 8.42 Å². The van der Waals surface area contributed by atoms with Crippen molar-refractivity contribution in [3.63, 3.8) is 0 Å². The molecule has 1 atom stereocenters. The van der Waals surface area contributed by atoms with Crippen molar-refractivity contribution < 1.29 is 18.3 Å². The average molecular weight is 274 g/mol. The van der Waals surface area contributed by atoms with Gasteiger partial charge in [-0.1, -0.05) is 0 Å². The summed E-state index contributed by atoms with van der Waals surface area (Å²) in [4.78, 5) is 0.145. The van der Waals surface area contributed by atoms with Crippen LogP contribution in [0.15, 0.2) is 23.1 Å². The van der Waals surface area contributed by atoms with Crippen LogP contribution in [0.25, 0.3) is 0 Å². The van der Waals surface area contributed by atoms with E-state index in [1.54, 1.807) is 13.0 Å². The highest BCUT2D eigenvalue weighted by Gasteiger charge is 2.21. The number of hydrogen-bond donors (Lipinski definition) is 3. The minimum atomic E-state index is -3.69. The topological polar surface area (TPSA) is 102 Å². The molecule has 0 aromatic heterocycles. The number of nitrogen functional groups attached to an aromatic ring is 1. The van der Waals surface area contributed by atoms with Gasteiger partial charge < -0.3 is 15.6 Å². The van der Waals surface area contributed by atoms with Gasteiger partial charge in [0.1, 0.15) is 0 Å². The number of rotatable bonds is 6. The quantitative estimate of drug-likeness (QED) is 0.627. The zero-order chi connectivity index (χ0) is 13.8. The summed E-state index contributed by atoms with van der Waals surface area (Å²) in [5.41, 5.74) is 6.62. The first-order valence-electron chi connectivity index (χ1n) is 5.39. The summed E-state index contributed by atoms with van der Waals surface area (Å²) in [5.74, 6) is 0. The van der Waals surface area contributed by atoms with Crippen molar-refractivity contribution in [1.29, 1.82) is 0 Å². The van der Waals surface area contributed by atoms with Crippen molar-refractivity contribution in [3.8, 4) is 0 Å². The maximum atomic E-state index is 12.1. The predicted molar refractivity (Wildman–Crippen MR) is 68.7 cm³/mol. The number of ether oxygens (including phenoxy) is 1. The van der Waals surface area contributed by atoms with Gasteiger partial charge in [0.05, 0.1) is 24.2 Å². The molecule has 1 unspecified atom stereocenters. The smallest absolute Gasteiger partial charge is 0.241 e. The molecule has 1 aromatic rings. The molecule has 1 aromatic carbocycles. The first-order valence-corrected chi connectivity index (χ1v) is 6.87. The number of hydrogen-bond acceptors (Lipinski definition) is 5. The molecule has 6 nitrogen and oxygen atoms in total. The highest BCUT2D eigenvalue weighted by Crippen LogP contribution is 2.17. The molecule has 0 aliphatic rings. The molecule has 7 heteroatoms. The Balaban J connectivity index is 2.99. The first kappa shape index (κ1) is 14.9. The van der Waals surface area contributed by atoms with Gasteiger partial charge in [-0.05, 0) is 30.7 Å². The second-order valence-corrected chi connectivity index (χ2v) is 5.66. The van der Waals surface area contributed by atoms with Gasteiger partial charge in [0.2, 0.25) is 10.0 Å². The summed E-state index contributed by atoms with van der Waals surface area (Å²) in [6.45, 7) is 1.43. The van der Waals surface area contributed by atoms with Crippen LogP contribution in [0, 0.1) is 6.92 Å². The van der Waals surface area contributed by atoms with Crippen LogP contribution in [0.4, 0.5) is 5.69 Å². The van der Waals surface area contributed by atoms with Crippen LogP contribution in [0.3, 0.4) is 0 Å². The Kier molecular flexibility index (Phi) is 5.09. The van der Waals surface area contributed by atoms with Gasteiger partial charge in [0, 0.05) is 12.8 Å². The molecule has 0 bridgehead atoms. The van der Waals surface area contributed by atoms with Crippen molar-refractivity contribution >= 4 is 15.7 Å². The van der Waals surface area contributed by atoms with Gasteiger partial charge in [-0.3, -0.25) is 0 Å². The van der Waals surface area contributed by atoms with Gasteiger partial charge in [0.15, 0.2) is 0 Å². The summed E-state index contributed by atoms with van der Waals surface area (Å²) < 4.78 is 31.4. The summed E-state index contributed by atoms with van der Waals surface area (Å²) in [6, 6.07) is 3.87. The number of anilines is 1. The summed E-state index contributed by atoms with van der Waals surface area (Å²) in [6.07, 6.45) is 0. The third-order valence-electron chi connectivity index (χ3n) is 2.40. The zero-order valence-corrected chi connectivity index (χ0v) is 11.2. The van der Waals surface area contributed by atoms with Crippen LogP contribution in [0.1, 0.15) is 5.56 Å². The monoisotopic (exact) mass is 274 g/mol. The van der Waals surface area contributed by atoms with E-state index in [0.29, 0.717) is 11.3 Å². The van der Waals surface area contributed by atoms with E-state index in [1.165, 1.54) is 19.2 Å². The van der Waals surface area contributed by atoms with Crippen molar-refractivity contribution in [2.24, 2.45) is 0 Å². The minimum Gasteiger partial charge on any atom is -0.399 e. The summed E-state index contributed by atoms with van der Waals surface area (Å²) in [7, 11) is -2.25. The second kappa shape index (κ2) is 6.14. The van der Waals surface area contributed by atoms with Crippen molar-refractivity contribution in [2.45, 2.75) is 17.9 Å². The van der Waals surface area contributed by atoms with Gasteiger partial charge in [0.25, 0.3) is 0 Å². The van der Waals surface area contributed by atoms with Crippen LogP contribution < -0.4 is 10.5 Å². The van der Waals surface area contributed by atoms with E-state index in [4.69, 9.17) is 15.6 Å². The Hall–Kier alpha value is -1.15. The van der Waals surface area contributed by atoms with E-state index >= 15 is 0 Å². The maximum Gasteiger partial charge on any atom is 0.241 e. The number of methoxy groups -OCH3 is 1. The standard InChI is InChI=1S/C11H18N2O4S/c1-8-5-9(12)3-4-11(8)18(15,16)13-10(6-14)7-17-2/h3-5,10,13-14H,6-7,12H2,1-2H3. The highest BCUT2D eigenvalue weighted by molar-refractivity contribution is 7.89. The van der Waals surface area contributed by atoms with Gasteiger partial charge in [-0.25, -0.2) is 13.1 Å². The predicted octanol–water partition coefficient (Wildman–Crippen LogP) is -0.137. The van der Waals surface area contributed by atoms with Crippen LogP contribution in [0.5, 0.6) is 0 Å². The molecule has 0 aliphatic heterocycles. The second-order valence-electron chi connectivity index (χ2n) is 3.98.